The van der Waals surface area contributed by atoms with E-state index in [1.165, 1.54) is 0 Å². The molecule has 1 aromatic heterocycles. The minimum absolute atomic E-state index is 0.346. The molecule has 0 spiro atoms. The zero-order valence-electron chi connectivity index (χ0n) is 6.47. The normalized spacial score (nSPS) is 10.1. The monoisotopic (exact) mass is 172 g/mol. The van der Waals surface area contributed by atoms with Gasteiger partial charge in [0.25, 0.3) is 0 Å². The molecular formula is C7H9ClN2O. The first-order chi connectivity index (χ1) is 5.16. The van der Waals surface area contributed by atoms with Crippen LogP contribution in [0.5, 0.6) is 0 Å². The van der Waals surface area contributed by atoms with Gasteiger partial charge in [-0.3, -0.25) is 4.68 Å². The molecule has 0 amide bonds. The molecule has 4 heteroatoms. The van der Waals surface area contributed by atoms with Crippen molar-refractivity contribution in [2.75, 3.05) is 0 Å². The lowest BCUT2D eigenvalue weighted by molar-refractivity contribution is -0.107. The zero-order chi connectivity index (χ0) is 8.43. The molecule has 60 valence electrons. The number of halogens is 1. The van der Waals surface area contributed by atoms with Gasteiger partial charge in [0.2, 0.25) is 0 Å². The van der Waals surface area contributed by atoms with E-state index in [0.717, 1.165) is 17.5 Å². The van der Waals surface area contributed by atoms with Gasteiger partial charge in [0, 0.05) is 19.0 Å². The van der Waals surface area contributed by atoms with Crippen molar-refractivity contribution in [3.63, 3.8) is 0 Å². The molecule has 11 heavy (non-hydrogen) atoms. The topological polar surface area (TPSA) is 34.9 Å². The molecule has 0 N–H and O–H groups in total. The van der Waals surface area contributed by atoms with Crippen LogP contribution in [0.1, 0.15) is 11.3 Å². The van der Waals surface area contributed by atoms with E-state index in [9.17, 15) is 4.79 Å². The van der Waals surface area contributed by atoms with Gasteiger partial charge in [0.15, 0.2) is 0 Å². The van der Waals surface area contributed by atoms with Crippen LogP contribution < -0.4 is 0 Å². The first-order valence-corrected chi connectivity index (χ1v) is 3.66. The van der Waals surface area contributed by atoms with E-state index in [1.807, 2.05) is 6.92 Å². The van der Waals surface area contributed by atoms with Crippen molar-refractivity contribution in [2.24, 2.45) is 7.05 Å². The molecular weight excluding hydrogens is 164 g/mol. The fourth-order valence-electron chi connectivity index (χ4n) is 0.989. The third-order valence-electron chi connectivity index (χ3n) is 1.56. The lowest BCUT2D eigenvalue weighted by Crippen LogP contribution is -1.89. The predicted octanol–water partition coefficient (Wildman–Crippen LogP) is 1.12. The SMILES string of the molecule is Cc1nn(C)c(Cl)c1CC=O. The highest BCUT2D eigenvalue weighted by Gasteiger charge is 2.09. The Morgan fingerprint density at radius 3 is 2.73 bits per heavy atom. The lowest BCUT2D eigenvalue weighted by atomic mass is 10.2. The van der Waals surface area contributed by atoms with Crippen LogP contribution in [0, 0.1) is 6.92 Å². The average Bonchev–Trinajstić information content (AvgIpc) is 2.17. The number of aromatic nitrogens is 2. The van der Waals surface area contributed by atoms with E-state index in [4.69, 9.17) is 11.6 Å². The Bertz CT molecular complexity index is 280. The Balaban J connectivity index is 3.11. The van der Waals surface area contributed by atoms with E-state index < -0.39 is 0 Å². The number of carbonyl (C=O) groups excluding carboxylic acids is 1. The van der Waals surface area contributed by atoms with Crippen molar-refractivity contribution < 1.29 is 4.79 Å². The summed E-state index contributed by atoms with van der Waals surface area (Å²) in [5.41, 5.74) is 1.65. The highest BCUT2D eigenvalue weighted by Crippen LogP contribution is 2.17. The molecule has 0 aromatic carbocycles. The molecule has 0 fully saturated rings. The predicted molar refractivity (Wildman–Crippen MR) is 42.7 cm³/mol. The van der Waals surface area contributed by atoms with Gasteiger partial charge in [0.05, 0.1) is 5.69 Å². The first kappa shape index (κ1) is 8.27. The number of aryl methyl sites for hydroxylation is 2. The summed E-state index contributed by atoms with van der Waals surface area (Å²) in [6.07, 6.45) is 1.18. The van der Waals surface area contributed by atoms with Gasteiger partial charge in [-0.05, 0) is 6.92 Å². The van der Waals surface area contributed by atoms with E-state index in [0.29, 0.717) is 11.6 Å². The number of hydrogen-bond donors (Lipinski definition) is 0. The molecule has 1 heterocycles. The minimum Gasteiger partial charge on any atom is -0.303 e. The number of nitrogens with zero attached hydrogens (tertiary/aromatic N) is 2. The highest BCUT2D eigenvalue weighted by atomic mass is 35.5. The lowest BCUT2D eigenvalue weighted by Gasteiger charge is -1.91. The van der Waals surface area contributed by atoms with Gasteiger partial charge in [-0.2, -0.15) is 5.10 Å². The second-order valence-electron chi connectivity index (χ2n) is 2.35. The Labute approximate surface area is 70.0 Å². The zero-order valence-corrected chi connectivity index (χ0v) is 7.22. The number of rotatable bonds is 2. The molecule has 0 aliphatic rings. The summed E-state index contributed by atoms with van der Waals surface area (Å²) in [5.74, 6) is 0. The van der Waals surface area contributed by atoms with Crippen LogP contribution in [0.2, 0.25) is 5.15 Å². The van der Waals surface area contributed by atoms with E-state index in [-0.39, 0.29) is 0 Å². The quantitative estimate of drug-likeness (QED) is 0.627. The number of aldehydes is 1. The van der Waals surface area contributed by atoms with E-state index in [1.54, 1.807) is 11.7 Å². The Hall–Kier alpha value is -0.830. The fraction of sp³-hybridized carbons (Fsp3) is 0.429. The van der Waals surface area contributed by atoms with E-state index in [2.05, 4.69) is 5.10 Å². The van der Waals surface area contributed by atoms with Gasteiger partial charge in [-0.15, -0.1) is 0 Å². The molecule has 0 atom stereocenters. The molecule has 1 rings (SSSR count). The smallest absolute Gasteiger partial charge is 0.130 e. The van der Waals surface area contributed by atoms with Crippen molar-refractivity contribution in [1.82, 2.24) is 9.78 Å². The van der Waals surface area contributed by atoms with Gasteiger partial charge >= 0.3 is 0 Å². The van der Waals surface area contributed by atoms with Crippen LogP contribution in [0.4, 0.5) is 0 Å². The van der Waals surface area contributed by atoms with Crippen molar-refractivity contribution in [2.45, 2.75) is 13.3 Å². The van der Waals surface area contributed by atoms with Gasteiger partial charge in [-0.1, -0.05) is 11.6 Å². The summed E-state index contributed by atoms with van der Waals surface area (Å²) in [4.78, 5) is 10.2. The van der Waals surface area contributed by atoms with E-state index >= 15 is 0 Å². The molecule has 1 aromatic rings. The number of carbonyl (C=O) groups is 1. The Morgan fingerprint density at radius 2 is 2.36 bits per heavy atom. The second-order valence-corrected chi connectivity index (χ2v) is 2.71. The summed E-state index contributed by atoms with van der Waals surface area (Å²) in [7, 11) is 1.75. The van der Waals surface area contributed by atoms with Crippen molar-refractivity contribution >= 4 is 17.9 Å². The van der Waals surface area contributed by atoms with Crippen LogP contribution >= 0.6 is 11.6 Å². The fourth-order valence-corrected chi connectivity index (χ4v) is 1.24. The van der Waals surface area contributed by atoms with Crippen LogP contribution in [0.15, 0.2) is 0 Å². The standard InChI is InChI=1S/C7H9ClN2O/c1-5-6(3-4-11)7(8)10(2)9-5/h4H,3H2,1-2H3. The molecule has 0 radical (unpaired) electrons. The average molecular weight is 173 g/mol. The minimum atomic E-state index is 0.346. The molecule has 3 nitrogen and oxygen atoms in total. The third kappa shape index (κ3) is 1.43. The molecule has 0 bridgehead atoms. The van der Waals surface area contributed by atoms with Gasteiger partial charge < -0.3 is 4.79 Å². The summed E-state index contributed by atoms with van der Waals surface area (Å²) < 4.78 is 1.57. The second kappa shape index (κ2) is 3.05. The maximum Gasteiger partial charge on any atom is 0.130 e. The molecule has 0 saturated carbocycles. The van der Waals surface area contributed by atoms with Crippen molar-refractivity contribution in [3.8, 4) is 0 Å². The highest BCUT2D eigenvalue weighted by molar-refractivity contribution is 6.30. The summed E-state index contributed by atoms with van der Waals surface area (Å²) in [6, 6.07) is 0. The molecule has 0 aliphatic carbocycles. The molecule has 0 unspecified atom stereocenters. The summed E-state index contributed by atoms with van der Waals surface area (Å²) in [6.45, 7) is 1.84. The number of hydrogen-bond acceptors (Lipinski definition) is 2. The summed E-state index contributed by atoms with van der Waals surface area (Å²) in [5, 5.41) is 4.61. The van der Waals surface area contributed by atoms with Crippen LogP contribution in [-0.4, -0.2) is 16.1 Å². The Kier molecular flexibility index (Phi) is 2.29. The molecule has 0 saturated heterocycles. The van der Waals surface area contributed by atoms with Crippen LogP contribution in [0.3, 0.4) is 0 Å². The third-order valence-corrected chi connectivity index (χ3v) is 2.03. The Morgan fingerprint density at radius 1 is 1.73 bits per heavy atom. The van der Waals surface area contributed by atoms with Gasteiger partial charge in [-0.25, -0.2) is 0 Å². The maximum atomic E-state index is 10.2. The van der Waals surface area contributed by atoms with Crippen LogP contribution in [-0.2, 0) is 18.3 Å². The molecule has 0 aliphatic heterocycles. The maximum absolute atomic E-state index is 10.2. The van der Waals surface area contributed by atoms with Gasteiger partial charge in [0.1, 0.15) is 11.4 Å². The summed E-state index contributed by atoms with van der Waals surface area (Å²) >= 11 is 5.83. The van der Waals surface area contributed by atoms with Crippen LogP contribution in [0.25, 0.3) is 0 Å². The first-order valence-electron chi connectivity index (χ1n) is 3.28. The largest absolute Gasteiger partial charge is 0.303 e. The van der Waals surface area contributed by atoms with Crippen molar-refractivity contribution in [1.29, 1.82) is 0 Å². The van der Waals surface area contributed by atoms with Crippen molar-refractivity contribution in [3.05, 3.63) is 16.4 Å².